The van der Waals surface area contributed by atoms with Crippen molar-refractivity contribution in [3.05, 3.63) is 95.1 Å². The van der Waals surface area contributed by atoms with E-state index in [9.17, 15) is 0 Å². The van der Waals surface area contributed by atoms with Crippen LogP contribution in [0.5, 0.6) is 11.5 Å². The van der Waals surface area contributed by atoms with Crippen molar-refractivity contribution in [2.75, 3.05) is 20.8 Å². The average molecular weight is 385 g/mol. The molecule has 0 saturated heterocycles. The largest absolute Gasteiger partial charge is 0.493 e. The van der Waals surface area contributed by atoms with Gasteiger partial charge in [0.1, 0.15) is 12.6 Å². The Balaban J connectivity index is 1.60. The molecule has 3 aromatic rings. The molecule has 0 amide bonds. The van der Waals surface area contributed by atoms with Crippen LogP contribution in [0.2, 0.25) is 0 Å². The van der Waals surface area contributed by atoms with Gasteiger partial charge >= 0.3 is 0 Å². The second-order valence-corrected chi connectivity index (χ2v) is 6.71. The van der Waals surface area contributed by atoms with E-state index in [1.807, 2.05) is 60.7 Å². The van der Waals surface area contributed by atoms with E-state index in [2.05, 4.69) is 24.3 Å². The van der Waals surface area contributed by atoms with E-state index in [0.29, 0.717) is 24.0 Å². The lowest BCUT2D eigenvalue weighted by Crippen LogP contribution is -2.03. The minimum atomic E-state index is 0.0362. The number of rotatable bonds is 6. The number of benzene rings is 3. The van der Waals surface area contributed by atoms with Crippen LogP contribution in [-0.4, -0.2) is 26.7 Å². The second kappa shape index (κ2) is 8.65. The van der Waals surface area contributed by atoms with Crippen LogP contribution in [0.4, 0.5) is 0 Å². The summed E-state index contributed by atoms with van der Waals surface area (Å²) >= 11 is 0. The standard InChI is InChI=1S/C25H23NO3/c1-27-23-15-13-18(16-24(23)28-2)12-14-19-8-6-7-11-21(19)25-26-22(17-29-25)20-9-4-3-5-10-20/h3-16,22H,17H2,1-2H3/b14-12+/t22-/m1/s1. The number of aliphatic imine (C=N–C) groups is 1. The maximum atomic E-state index is 5.95. The summed E-state index contributed by atoms with van der Waals surface area (Å²) in [5.41, 5.74) is 4.23. The molecule has 0 saturated carbocycles. The third-order valence-electron chi connectivity index (χ3n) is 4.89. The van der Waals surface area contributed by atoms with Crippen molar-refractivity contribution >= 4 is 18.0 Å². The highest BCUT2D eigenvalue weighted by Crippen LogP contribution is 2.29. The molecule has 146 valence electrons. The molecule has 4 nitrogen and oxygen atoms in total. The van der Waals surface area contributed by atoms with Crippen LogP contribution in [0.3, 0.4) is 0 Å². The second-order valence-electron chi connectivity index (χ2n) is 6.71. The number of hydrogen-bond donors (Lipinski definition) is 0. The van der Waals surface area contributed by atoms with Crippen LogP contribution in [-0.2, 0) is 4.74 Å². The van der Waals surface area contributed by atoms with Gasteiger partial charge in [-0.2, -0.15) is 0 Å². The Bertz CT molecular complexity index is 1040. The molecule has 1 heterocycles. The maximum Gasteiger partial charge on any atom is 0.217 e. The molecule has 0 unspecified atom stereocenters. The monoisotopic (exact) mass is 385 g/mol. The highest BCUT2D eigenvalue weighted by molar-refractivity contribution is 5.99. The zero-order chi connectivity index (χ0) is 20.1. The summed E-state index contributed by atoms with van der Waals surface area (Å²) < 4.78 is 16.6. The molecule has 0 aromatic heterocycles. The van der Waals surface area contributed by atoms with E-state index in [0.717, 1.165) is 16.7 Å². The molecule has 0 fully saturated rings. The van der Waals surface area contributed by atoms with E-state index >= 15 is 0 Å². The van der Waals surface area contributed by atoms with Crippen LogP contribution in [0.25, 0.3) is 12.2 Å². The average Bonchev–Trinajstić information content (AvgIpc) is 3.28. The summed E-state index contributed by atoms with van der Waals surface area (Å²) in [5.74, 6) is 2.11. The van der Waals surface area contributed by atoms with Gasteiger partial charge < -0.3 is 14.2 Å². The van der Waals surface area contributed by atoms with Crippen LogP contribution >= 0.6 is 0 Å². The van der Waals surface area contributed by atoms with Crippen molar-refractivity contribution in [1.82, 2.24) is 0 Å². The Hall–Kier alpha value is -3.53. The smallest absolute Gasteiger partial charge is 0.217 e. The van der Waals surface area contributed by atoms with E-state index < -0.39 is 0 Å². The normalized spacial score (nSPS) is 15.8. The number of hydrogen-bond acceptors (Lipinski definition) is 4. The molecule has 1 atom stereocenters. The highest BCUT2D eigenvalue weighted by Gasteiger charge is 2.22. The summed E-state index contributed by atoms with van der Waals surface area (Å²) in [4.78, 5) is 4.82. The minimum Gasteiger partial charge on any atom is -0.493 e. The predicted octanol–water partition coefficient (Wildman–Crippen LogP) is 5.39. The van der Waals surface area contributed by atoms with Crippen LogP contribution in [0.15, 0.2) is 77.8 Å². The van der Waals surface area contributed by atoms with Gasteiger partial charge in [0.2, 0.25) is 5.90 Å². The number of ether oxygens (including phenoxy) is 3. The van der Waals surface area contributed by atoms with E-state index in [-0.39, 0.29) is 6.04 Å². The van der Waals surface area contributed by atoms with E-state index in [4.69, 9.17) is 19.2 Å². The molecule has 29 heavy (non-hydrogen) atoms. The molecule has 0 spiro atoms. The molecular formula is C25H23NO3. The lowest BCUT2D eigenvalue weighted by molar-refractivity contribution is 0.320. The lowest BCUT2D eigenvalue weighted by atomic mass is 10.1. The topological polar surface area (TPSA) is 40.0 Å². The molecule has 1 aliphatic rings. The van der Waals surface area contributed by atoms with Crippen molar-refractivity contribution < 1.29 is 14.2 Å². The summed E-state index contributed by atoms with van der Waals surface area (Å²) in [7, 11) is 3.27. The molecule has 4 rings (SSSR count). The third-order valence-corrected chi connectivity index (χ3v) is 4.89. The SMILES string of the molecule is COc1ccc(/C=C/c2ccccc2C2=N[C@@H](c3ccccc3)CO2)cc1OC. The Labute approximate surface area is 171 Å². The zero-order valence-electron chi connectivity index (χ0n) is 16.5. The fourth-order valence-corrected chi connectivity index (χ4v) is 3.35. The first-order chi connectivity index (χ1) is 14.3. The van der Waals surface area contributed by atoms with Crippen molar-refractivity contribution in [2.45, 2.75) is 6.04 Å². The predicted molar refractivity (Wildman–Crippen MR) is 117 cm³/mol. The maximum absolute atomic E-state index is 5.95. The van der Waals surface area contributed by atoms with Gasteiger partial charge in [-0.25, -0.2) is 4.99 Å². The molecule has 0 bridgehead atoms. The number of methoxy groups -OCH3 is 2. The fraction of sp³-hybridized carbons (Fsp3) is 0.160. The Morgan fingerprint density at radius 3 is 2.41 bits per heavy atom. The van der Waals surface area contributed by atoms with Crippen LogP contribution in [0, 0.1) is 0 Å². The summed E-state index contributed by atoms with van der Waals surface area (Å²) in [6.07, 6.45) is 4.11. The Kier molecular flexibility index (Phi) is 5.61. The first kappa shape index (κ1) is 18.8. The summed E-state index contributed by atoms with van der Waals surface area (Å²) in [6, 6.07) is 24.3. The minimum absolute atomic E-state index is 0.0362. The quantitative estimate of drug-likeness (QED) is 0.534. The molecule has 4 heteroatoms. The molecular weight excluding hydrogens is 362 g/mol. The van der Waals surface area contributed by atoms with Gasteiger partial charge in [-0.3, -0.25) is 0 Å². The van der Waals surface area contributed by atoms with Crippen molar-refractivity contribution in [2.24, 2.45) is 4.99 Å². The van der Waals surface area contributed by atoms with Gasteiger partial charge in [-0.05, 0) is 34.9 Å². The van der Waals surface area contributed by atoms with Crippen LogP contribution < -0.4 is 9.47 Å². The highest BCUT2D eigenvalue weighted by atomic mass is 16.5. The van der Waals surface area contributed by atoms with Crippen LogP contribution in [0.1, 0.15) is 28.3 Å². The van der Waals surface area contributed by atoms with Gasteiger partial charge in [-0.15, -0.1) is 0 Å². The van der Waals surface area contributed by atoms with E-state index in [1.54, 1.807) is 14.2 Å². The van der Waals surface area contributed by atoms with Gasteiger partial charge in [0.25, 0.3) is 0 Å². The van der Waals surface area contributed by atoms with Gasteiger partial charge in [0, 0.05) is 5.56 Å². The number of nitrogens with zero attached hydrogens (tertiary/aromatic N) is 1. The Morgan fingerprint density at radius 1 is 0.862 bits per heavy atom. The zero-order valence-corrected chi connectivity index (χ0v) is 16.5. The van der Waals surface area contributed by atoms with E-state index in [1.165, 1.54) is 5.56 Å². The summed E-state index contributed by atoms with van der Waals surface area (Å²) in [6.45, 7) is 0.563. The molecule has 0 aliphatic carbocycles. The fourth-order valence-electron chi connectivity index (χ4n) is 3.35. The first-order valence-corrected chi connectivity index (χ1v) is 9.53. The lowest BCUT2D eigenvalue weighted by Gasteiger charge is -2.08. The van der Waals surface area contributed by atoms with Crippen molar-refractivity contribution in [1.29, 1.82) is 0 Å². The molecule has 1 aliphatic heterocycles. The van der Waals surface area contributed by atoms with Crippen molar-refractivity contribution in [3.8, 4) is 11.5 Å². The van der Waals surface area contributed by atoms with Gasteiger partial charge in [-0.1, -0.05) is 66.7 Å². The van der Waals surface area contributed by atoms with Gasteiger partial charge in [0.05, 0.1) is 14.2 Å². The Morgan fingerprint density at radius 2 is 1.62 bits per heavy atom. The first-order valence-electron chi connectivity index (χ1n) is 9.53. The molecule has 0 N–H and O–H groups in total. The molecule has 3 aromatic carbocycles. The van der Waals surface area contributed by atoms with Crippen molar-refractivity contribution in [3.63, 3.8) is 0 Å². The summed E-state index contributed by atoms with van der Waals surface area (Å²) in [5, 5.41) is 0. The third kappa shape index (κ3) is 4.16. The van der Waals surface area contributed by atoms with Gasteiger partial charge in [0.15, 0.2) is 11.5 Å². The molecule has 0 radical (unpaired) electrons.